The molecular weight excluding hydrogens is 404 g/mol. The molecule has 0 radical (unpaired) electrons. The SMILES string of the molecule is COc1cc(/C=C/c2ccc(-c3nc(C)c(CCO[N+](=O)[O-])s3)cc2)cc(OC)c1. The van der Waals surface area contributed by atoms with Crippen LogP contribution in [-0.2, 0) is 11.3 Å². The summed E-state index contributed by atoms with van der Waals surface area (Å²) < 4.78 is 10.6. The molecule has 3 rings (SSSR count). The van der Waals surface area contributed by atoms with Gasteiger partial charge in [-0.2, -0.15) is 0 Å². The van der Waals surface area contributed by atoms with E-state index in [1.807, 2.05) is 61.5 Å². The number of aromatic nitrogens is 1. The molecule has 0 amide bonds. The van der Waals surface area contributed by atoms with Crippen molar-refractivity contribution < 1.29 is 19.4 Å². The molecule has 0 bridgehead atoms. The number of thiazole rings is 1. The van der Waals surface area contributed by atoms with Gasteiger partial charge in [0.25, 0.3) is 5.09 Å². The van der Waals surface area contributed by atoms with Crippen molar-refractivity contribution in [3.05, 3.63) is 74.3 Å². The largest absolute Gasteiger partial charge is 0.497 e. The van der Waals surface area contributed by atoms with Gasteiger partial charge < -0.3 is 14.3 Å². The Hall–Kier alpha value is -3.39. The van der Waals surface area contributed by atoms with Crippen LogP contribution in [0.5, 0.6) is 11.5 Å². The fraction of sp³-hybridized carbons (Fsp3) is 0.227. The number of methoxy groups -OCH3 is 2. The Bertz CT molecular complexity index is 1020. The lowest BCUT2D eigenvalue weighted by Crippen LogP contribution is -2.04. The number of hydrogen-bond acceptors (Lipinski definition) is 7. The maximum Gasteiger partial charge on any atom is 0.294 e. The Balaban J connectivity index is 1.71. The van der Waals surface area contributed by atoms with Gasteiger partial charge in [0.2, 0.25) is 0 Å². The zero-order chi connectivity index (χ0) is 21.5. The number of benzene rings is 2. The molecule has 0 saturated heterocycles. The second-order valence-corrected chi connectivity index (χ2v) is 7.52. The summed E-state index contributed by atoms with van der Waals surface area (Å²) in [6, 6.07) is 13.8. The van der Waals surface area contributed by atoms with Gasteiger partial charge in [0.05, 0.1) is 19.9 Å². The van der Waals surface area contributed by atoms with Crippen molar-refractivity contribution in [3.63, 3.8) is 0 Å². The highest BCUT2D eigenvalue weighted by Gasteiger charge is 2.10. The normalized spacial score (nSPS) is 10.9. The van der Waals surface area contributed by atoms with E-state index in [1.54, 1.807) is 14.2 Å². The van der Waals surface area contributed by atoms with Crippen LogP contribution in [0.2, 0.25) is 0 Å². The van der Waals surface area contributed by atoms with Gasteiger partial charge in [-0.1, -0.05) is 36.4 Å². The van der Waals surface area contributed by atoms with Crippen molar-refractivity contribution in [3.8, 4) is 22.1 Å². The van der Waals surface area contributed by atoms with E-state index < -0.39 is 5.09 Å². The van der Waals surface area contributed by atoms with E-state index in [2.05, 4.69) is 9.82 Å². The minimum Gasteiger partial charge on any atom is -0.497 e. The van der Waals surface area contributed by atoms with Crippen molar-refractivity contribution in [2.24, 2.45) is 0 Å². The third kappa shape index (κ3) is 5.57. The first-order chi connectivity index (χ1) is 14.5. The lowest BCUT2D eigenvalue weighted by molar-refractivity contribution is -0.757. The molecule has 0 atom stereocenters. The van der Waals surface area contributed by atoms with Crippen LogP contribution in [0.15, 0.2) is 42.5 Å². The minimum atomic E-state index is -0.773. The minimum absolute atomic E-state index is 0.0360. The van der Waals surface area contributed by atoms with E-state index >= 15 is 0 Å². The number of ether oxygens (including phenoxy) is 2. The summed E-state index contributed by atoms with van der Waals surface area (Å²) in [5.74, 6) is 1.48. The summed E-state index contributed by atoms with van der Waals surface area (Å²) in [5, 5.41) is 10.4. The summed E-state index contributed by atoms with van der Waals surface area (Å²) in [7, 11) is 3.25. The van der Waals surface area contributed by atoms with Crippen molar-refractivity contribution >= 4 is 23.5 Å². The van der Waals surface area contributed by atoms with Gasteiger partial charge in [-0.05, 0) is 30.2 Å². The zero-order valence-electron chi connectivity index (χ0n) is 17.0. The van der Waals surface area contributed by atoms with E-state index in [4.69, 9.17) is 9.47 Å². The molecular formula is C22H22N2O5S. The highest BCUT2D eigenvalue weighted by Crippen LogP contribution is 2.29. The van der Waals surface area contributed by atoms with Crippen LogP contribution in [0.4, 0.5) is 0 Å². The molecule has 2 aromatic carbocycles. The van der Waals surface area contributed by atoms with Crippen LogP contribution in [0.3, 0.4) is 0 Å². The first-order valence-electron chi connectivity index (χ1n) is 9.23. The predicted octanol–water partition coefficient (Wildman–Crippen LogP) is 5.06. The van der Waals surface area contributed by atoms with E-state index in [1.165, 1.54) is 11.3 Å². The Morgan fingerprint density at radius 3 is 2.27 bits per heavy atom. The van der Waals surface area contributed by atoms with Crippen LogP contribution in [0.1, 0.15) is 21.7 Å². The first-order valence-corrected chi connectivity index (χ1v) is 10.1. The van der Waals surface area contributed by atoms with Crippen molar-refractivity contribution in [2.45, 2.75) is 13.3 Å². The predicted molar refractivity (Wildman–Crippen MR) is 117 cm³/mol. The molecule has 0 N–H and O–H groups in total. The standard InChI is InChI=1S/C22H22N2O5S/c1-15-21(10-11-29-24(25)26)30-22(23-15)18-8-6-16(7-9-18)4-5-17-12-19(27-2)14-20(13-17)28-3/h4-9,12-14H,10-11H2,1-3H3/b5-4+. The van der Waals surface area contributed by atoms with Gasteiger partial charge in [-0.3, -0.25) is 0 Å². The summed E-state index contributed by atoms with van der Waals surface area (Å²) >= 11 is 1.53. The Morgan fingerprint density at radius 1 is 1.03 bits per heavy atom. The average molecular weight is 426 g/mol. The zero-order valence-corrected chi connectivity index (χ0v) is 17.8. The summed E-state index contributed by atoms with van der Waals surface area (Å²) in [4.78, 5) is 20.3. The Morgan fingerprint density at radius 2 is 1.67 bits per heavy atom. The van der Waals surface area contributed by atoms with Crippen LogP contribution < -0.4 is 9.47 Å². The molecule has 30 heavy (non-hydrogen) atoms. The van der Waals surface area contributed by atoms with Gasteiger partial charge in [0.1, 0.15) is 23.1 Å². The van der Waals surface area contributed by atoms with Gasteiger partial charge in [-0.25, -0.2) is 4.98 Å². The van der Waals surface area contributed by atoms with Crippen LogP contribution in [0, 0.1) is 17.0 Å². The molecule has 0 unspecified atom stereocenters. The highest BCUT2D eigenvalue weighted by atomic mass is 32.1. The van der Waals surface area contributed by atoms with Crippen LogP contribution >= 0.6 is 11.3 Å². The van der Waals surface area contributed by atoms with E-state index in [0.717, 1.165) is 43.8 Å². The average Bonchev–Trinajstić information content (AvgIpc) is 3.12. The Labute approximate surface area is 178 Å². The topological polar surface area (TPSA) is 83.7 Å². The fourth-order valence-electron chi connectivity index (χ4n) is 2.85. The van der Waals surface area contributed by atoms with E-state index in [-0.39, 0.29) is 6.61 Å². The van der Waals surface area contributed by atoms with E-state index in [9.17, 15) is 10.1 Å². The molecule has 0 aliphatic heterocycles. The molecule has 0 spiro atoms. The monoisotopic (exact) mass is 426 g/mol. The molecule has 156 valence electrons. The molecule has 3 aromatic rings. The van der Waals surface area contributed by atoms with Crippen LogP contribution in [0.25, 0.3) is 22.7 Å². The molecule has 1 heterocycles. The highest BCUT2D eigenvalue weighted by molar-refractivity contribution is 7.15. The fourth-order valence-corrected chi connectivity index (χ4v) is 3.90. The molecule has 8 heteroatoms. The Kier molecular flexibility index (Phi) is 7.03. The molecule has 7 nitrogen and oxygen atoms in total. The quantitative estimate of drug-likeness (QED) is 0.270. The summed E-state index contributed by atoms with van der Waals surface area (Å²) in [6.07, 6.45) is 4.49. The second-order valence-electron chi connectivity index (χ2n) is 6.44. The van der Waals surface area contributed by atoms with Crippen molar-refractivity contribution in [1.29, 1.82) is 0 Å². The smallest absolute Gasteiger partial charge is 0.294 e. The third-order valence-electron chi connectivity index (χ3n) is 4.42. The maximum absolute atomic E-state index is 10.3. The van der Waals surface area contributed by atoms with Crippen molar-refractivity contribution in [1.82, 2.24) is 4.98 Å². The first kappa shape index (κ1) is 21.3. The molecule has 0 fully saturated rings. The van der Waals surface area contributed by atoms with Crippen LogP contribution in [-0.4, -0.2) is 30.9 Å². The summed E-state index contributed by atoms with van der Waals surface area (Å²) in [6.45, 7) is 1.94. The van der Waals surface area contributed by atoms with Gasteiger partial charge >= 0.3 is 0 Å². The van der Waals surface area contributed by atoms with Gasteiger partial charge in [-0.15, -0.1) is 21.5 Å². The summed E-state index contributed by atoms with van der Waals surface area (Å²) in [5.41, 5.74) is 3.91. The number of hydrogen-bond donors (Lipinski definition) is 0. The maximum atomic E-state index is 10.3. The third-order valence-corrected chi connectivity index (χ3v) is 5.68. The van der Waals surface area contributed by atoms with Gasteiger partial charge in [0, 0.05) is 22.9 Å². The number of nitrogens with zero attached hydrogens (tertiary/aromatic N) is 2. The molecule has 0 aliphatic carbocycles. The molecule has 1 aromatic heterocycles. The van der Waals surface area contributed by atoms with E-state index in [0.29, 0.717) is 6.42 Å². The van der Waals surface area contributed by atoms with Crippen molar-refractivity contribution in [2.75, 3.05) is 20.8 Å². The second kappa shape index (κ2) is 9.89. The lowest BCUT2D eigenvalue weighted by atomic mass is 10.1. The number of rotatable bonds is 9. The molecule has 0 aliphatic rings. The van der Waals surface area contributed by atoms with Gasteiger partial charge in [0.15, 0.2) is 0 Å². The number of aryl methyl sites for hydroxylation is 1. The molecule has 0 saturated carbocycles. The lowest BCUT2D eigenvalue weighted by Gasteiger charge is -2.05.